The lowest BCUT2D eigenvalue weighted by molar-refractivity contribution is -0.114. The van der Waals surface area contributed by atoms with Crippen LogP contribution in [0.15, 0.2) is 53.9 Å². The molecule has 0 atom stereocenters. The van der Waals surface area contributed by atoms with Crippen LogP contribution in [0.5, 0.6) is 0 Å². The van der Waals surface area contributed by atoms with Crippen LogP contribution < -0.4 is 10.6 Å². The molecule has 3 rings (SSSR count). The standard InChI is InChI=1S/C20H19N3O3S/c1-13(24)21-17-9-7-15(8-10-17)18-12-27-20(22-18)23-19(25)16-5-3-14(4-6-16)11-26-2/h3-10,12H,11H2,1-2H3,(H,21,24)(H,22,23,25). The molecule has 138 valence electrons. The summed E-state index contributed by atoms with van der Waals surface area (Å²) in [5.74, 6) is -0.322. The van der Waals surface area contributed by atoms with Crippen molar-refractivity contribution < 1.29 is 14.3 Å². The molecule has 0 saturated carbocycles. The smallest absolute Gasteiger partial charge is 0.257 e. The van der Waals surface area contributed by atoms with Crippen molar-refractivity contribution >= 4 is 34.0 Å². The zero-order valence-corrected chi connectivity index (χ0v) is 15.8. The average molecular weight is 381 g/mol. The van der Waals surface area contributed by atoms with Gasteiger partial charge < -0.3 is 10.1 Å². The van der Waals surface area contributed by atoms with Crippen LogP contribution in [-0.2, 0) is 16.1 Å². The third kappa shape index (κ3) is 4.99. The van der Waals surface area contributed by atoms with Crippen LogP contribution in [0.1, 0.15) is 22.8 Å². The Morgan fingerprint density at radius 1 is 1.04 bits per heavy atom. The summed E-state index contributed by atoms with van der Waals surface area (Å²) in [4.78, 5) is 27.9. The Morgan fingerprint density at radius 2 is 1.74 bits per heavy atom. The summed E-state index contributed by atoms with van der Waals surface area (Å²) in [6, 6.07) is 14.6. The second-order valence-electron chi connectivity index (χ2n) is 5.88. The number of hydrogen-bond acceptors (Lipinski definition) is 5. The molecule has 2 N–H and O–H groups in total. The van der Waals surface area contributed by atoms with Crippen molar-refractivity contribution in [2.24, 2.45) is 0 Å². The van der Waals surface area contributed by atoms with E-state index in [0.29, 0.717) is 17.3 Å². The van der Waals surface area contributed by atoms with Crippen molar-refractivity contribution in [1.82, 2.24) is 4.98 Å². The first-order valence-corrected chi connectivity index (χ1v) is 9.16. The zero-order valence-electron chi connectivity index (χ0n) is 15.0. The highest BCUT2D eigenvalue weighted by Gasteiger charge is 2.10. The van der Waals surface area contributed by atoms with Gasteiger partial charge in [0.25, 0.3) is 5.91 Å². The molecule has 3 aromatic rings. The average Bonchev–Trinajstić information content (AvgIpc) is 3.11. The Bertz CT molecular complexity index is 934. The van der Waals surface area contributed by atoms with Crippen LogP contribution in [0.3, 0.4) is 0 Å². The number of amides is 2. The van der Waals surface area contributed by atoms with Gasteiger partial charge >= 0.3 is 0 Å². The third-order valence-corrected chi connectivity index (χ3v) is 4.51. The van der Waals surface area contributed by atoms with Crippen molar-refractivity contribution in [3.63, 3.8) is 0 Å². The molecule has 0 radical (unpaired) electrons. The fraction of sp³-hybridized carbons (Fsp3) is 0.150. The van der Waals surface area contributed by atoms with Gasteiger partial charge in [-0.2, -0.15) is 0 Å². The summed E-state index contributed by atoms with van der Waals surface area (Å²) in [5, 5.41) is 7.95. The lowest BCUT2D eigenvalue weighted by Crippen LogP contribution is -2.11. The maximum absolute atomic E-state index is 12.4. The second kappa shape index (κ2) is 8.57. The normalized spacial score (nSPS) is 10.4. The highest BCUT2D eigenvalue weighted by Crippen LogP contribution is 2.26. The van der Waals surface area contributed by atoms with Gasteiger partial charge in [0, 0.05) is 36.2 Å². The van der Waals surface area contributed by atoms with Gasteiger partial charge in [-0.25, -0.2) is 4.98 Å². The number of methoxy groups -OCH3 is 1. The molecule has 1 aromatic heterocycles. The van der Waals surface area contributed by atoms with E-state index in [1.54, 1.807) is 19.2 Å². The van der Waals surface area contributed by atoms with Crippen molar-refractivity contribution in [2.45, 2.75) is 13.5 Å². The Labute approximate surface area is 161 Å². The van der Waals surface area contributed by atoms with Crippen LogP contribution in [0, 0.1) is 0 Å². The molecule has 0 bridgehead atoms. The van der Waals surface area contributed by atoms with E-state index in [4.69, 9.17) is 4.74 Å². The van der Waals surface area contributed by atoms with E-state index in [2.05, 4.69) is 15.6 Å². The van der Waals surface area contributed by atoms with E-state index in [9.17, 15) is 9.59 Å². The van der Waals surface area contributed by atoms with Crippen LogP contribution >= 0.6 is 11.3 Å². The highest BCUT2D eigenvalue weighted by molar-refractivity contribution is 7.14. The number of carbonyl (C=O) groups excluding carboxylic acids is 2. The monoisotopic (exact) mass is 381 g/mol. The lowest BCUT2D eigenvalue weighted by atomic mass is 10.1. The maximum atomic E-state index is 12.4. The summed E-state index contributed by atoms with van der Waals surface area (Å²) >= 11 is 1.36. The molecule has 0 aliphatic rings. The van der Waals surface area contributed by atoms with Gasteiger partial charge in [-0.3, -0.25) is 14.9 Å². The molecular weight excluding hydrogens is 362 g/mol. The number of benzene rings is 2. The zero-order chi connectivity index (χ0) is 19.2. The minimum Gasteiger partial charge on any atom is -0.380 e. The van der Waals surface area contributed by atoms with E-state index in [1.165, 1.54) is 18.3 Å². The summed E-state index contributed by atoms with van der Waals surface area (Å²) in [5.41, 5.74) is 3.97. The summed E-state index contributed by atoms with van der Waals surface area (Å²) < 4.78 is 5.07. The first kappa shape index (κ1) is 18.8. The summed E-state index contributed by atoms with van der Waals surface area (Å²) in [6.07, 6.45) is 0. The van der Waals surface area contributed by atoms with E-state index < -0.39 is 0 Å². The Balaban J connectivity index is 1.66. The van der Waals surface area contributed by atoms with E-state index >= 15 is 0 Å². The predicted molar refractivity (Wildman–Crippen MR) is 107 cm³/mol. The van der Waals surface area contributed by atoms with E-state index in [0.717, 1.165) is 22.5 Å². The molecule has 2 aromatic carbocycles. The number of hydrogen-bond donors (Lipinski definition) is 2. The fourth-order valence-corrected chi connectivity index (χ4v) is 3.19. The Kier molecular flexibility index (Phi) is 5.95. The maximum Gasteiger partial charge on any atom is 0.257 e. The van der Waals surface area contributed by atoms with Crippen molar-refractivity contribution in [2.75, 3.05) is 17.7 Å². The minimum absolute atomic E-state index is 0.114. The fourth-order valence-electron chi connectivity index (χ4n) is 2.48. The van der Waals surface area contributed by atoms with Gasteiger partial charge in [-0.15, -0.1) is 11.3 Å². The summed E-state index contributed by atoms with van der Waals surface area (Å²) in [7, 11) is 1.63. The number of carbonyl (C=O) groups is 2. The van der Waals surface area contributed by atoms with Gasteiger partial charge in [0.05, 0.1) is 12.3 Å². The molecule has 0 spiro atoms. The molecule has 7 heteroatoms. The largest absolute Gasteiger partial charge is 0.380 e. The van der Waals surface area contributed by atoms with Crippen LogP contribution in [0.4, 0.5) is 10.8 Å². The first-order chi connectivity index (χ1) is 13.0. The molecule has 1 heterocycles. The van der Waals surface area contributed by atoms with Crippen molar-refractivity contribution in [1.29, 1.82) is 0 Å². The Morgan fingerprint density at radius 3 is 2.37 bits per heavy atom. The highest BCUT2D eigenvalue weighted by atomic mass is 32.1. The molecule has 0 aliphatic carbocycles. The van der Waals surface area contributed by atoms with Crippen LogP contribution in [-0.4, -0.2) is 23.9 Å². The molecule has 2 amide bonds. The van der Waals surface area contributed by atoms with Gasteiger partial charge in [0.15, 0.2) is 5.13 Å². The predicted octanol–water partition coefficient (Wildman–Crippen LogP) is 4.17. The molecule has 0 aliphatic heterocycles. The summed E-state index contributed by atoms with van der Waals surface area (Å²) in [6.45, 7) is 1.98. The topological polar surface area (TPSA) is 80.3 Å². The molecule has 0 fully saturated rings. The van der Waals surface area contributed by atoms with Gasteiger partial charge in [0.2, 0.25) is 5.91 Å². The molecule has 0 unspecified atom stereocenters. The van der Waals surface area contributed by atoms with Gasteiger partial charge in [-0.05, 0) is 29.8 Å². The molecule has 0 saturated heterocycles. The number of thiazole rings is 1. The second-order valence-corrected chi connectivity index (χ2v) is 6.74. The van der Waals surface area contributed by atoms with Crippen LogP contribution in [0.2, 0.25) is 0 Å². The minimum atomic E-state index is -0.208. The first-order valence-electron chi connectivity index (χ1n) is 8.28. The number of anilines is 2. The Hall–Kier alpha value is -3.03. The molecule has 27 heavy (non-hydrogen) atoms. The van der Waals surface area contributed by atoms with Crippen LogP contribution in [0.25, 0.3) is 11.3 Å². The molecular formula is C20H19N3O3S. The quantitative estimate of drug-likeness (QED) is 0.672. The number of ether oxygens (including phenoxy) is 1. The number of nitrogens with one attached hydrogen (secondary N) is 2. The van der Waals surface area contributed by atoms with E-state index in [-0.39, 0.29) is 11.8 Å². The lowest BCUT2D eigenvalue weighted by Gasteiger charge is -2.04. The van der Waals surface area contributed by atoms with Crippen molar-refractivity contribution in [3.05, 3.63) is 65.0 Å². The SMILES string of the molecule is COCc1ccc(C(=O)Nc2nc(-c3ccc(NC(C)=O)cc3)cs2)cc1. The third-order valence-electron chi connectivity index (χ3n) is 3.75. The number of nitrogens with zero attached hydrogens (tertiary/aromatic N) is 1. The van der Waals surface area contributed by atoms with Gasteiger partial charge in [0.1, 0.15) is 0 Å². The van der Waals surface area contributed by atoms with Crippen molar-refractivity contribution in [3.8, 4) is 11.3 Å². The van der Waals surface area contributed by atoms with Gasteiger partial charge in [-0.1, -0.05) is 24.3 Å². The number of aromatic nitrogens is 1. The van der Waals surface area contributed by atoms with E-state index in [1.807, 2.05) is 41.8 Å². The molecule has 6 nitrogen and oxygen atoms in total. The number of rotatable bonds is 6.